The van der Waals surface area contributed by atoms with E-state index in [-0.39, 0.29) is 18.1 Å². The first-order valence-corrected chi connectivity index (χ1v) is 5.31. The summed E-state index contributed by atoms with van der Waals surface area (Å²) in [6.45, 7) is 1.91. The van der Waals surface area contributed by atoms with Crippen LogP contribution in [0.15, 0.2) is 23.1 Å². The number of rotatable bonds is 4. The Hall–Kier alpha value is -1.07. The number of benzene rings is 1. The van der Waals surface area contributed by atoms with Crippen LogP contribution >= 0.6 is 0 Å². The van der Waals surface area contributed by atoms with Crippen LogP contribution in [0.4, 0.5) is 0 Å². The molecule has 0 saturated heterocycles. The summed E-state index contributed by atoms with van der Waals surface area (Å²) < 4.78 is 26.4. The molecule has 4 nitrogen and oxygen atoms in total. The van der Waals surface area contributed by atoms with Gasteiger partial charge in [-0.05, 0) is 30.7 Å². The lowest BCUT2D eigenvalue weighted by atomic mass is 10.2. The van der Waals surface area contributed by atoms with Gasteiger partial charge in [-0.2, -0.15) is 0 Å². The van der Waals surface area contributed by atoms with E-state index in [0.717, 1.165) is 5.56 Å². The van der Waals surface area contributed by atoms with Gasteiger partial charge in [0.25, 0.3) is 0 Å². The summed E-state index contributed by atoms with van der Waals surface area (Å²) in [5, 5.41) is 8.54. The lowest BCUT2D eigenvalue weighted by molar-refractivity contribution is 0.200. The van der Waals surface area contributed by atoms with Crippen LogP contribution in [-0.4, -0.2) is 26.7 Å². The Morgan fingerprint density at radius 1 is 1.43 bits per heavy atom. The van der Waals surface area contributed by atoms with Gasteiger partial charge in [0.15, 0.2) is 10.7 Å². The van der Waals surface area contributed by atoms with Crippen molar-refractivity contribution in [2.45, 2.75) is 11.8 Å². The highest BCUT2D eigenvalue weighted by atomic mass is 32.2. The van der Waals surface area contributed by atoms with Gasteiger partial charge in [0.05, 0.1) is 11.5 Å². The fraction of sp³-hybridized carbons (Fsp3) is 0.333. The third-order valence-electron chi connectivity index (χ3n) is 1.72. The minimum atomic E-state index is -2.54. The summed E-state index contributed by atoms with van der Waals surface area (Å²) >= 11 is 0. The van der Waals surface area contributed by atoms with E-state index < -0.39 is 10.7 Å². The second kappa shape index (κ2) is 4.97. The summed E-state index contributed by atoms with van der Waals surface area (Å²) in [7, 11) is -2.54. The second-order valence-corrected chi connectivity index (χ2v) is 3.81. The number of aryl methyl sites for hydroxylation is 1. The van der Waals surface area contributed by atoms with Gasteiger partial charge in [-0.15, -0.1) is 0 Å². The molecule has 0 spiro atoms. The van der Waals surface area contributed by atoms with Crippen LogP contribution in [0.2, 0.25) is 0 Å². The van der Waals surface area contributed by atoms with Crippen LogP contribution in [-0.2, 0) is 10.7 Å². The lowest BCUT2D eigenvalue weighted by Crippen LogP contribution is -2.02. The number of aliphatic hydroxyl groups excluding tert-OH is 1. The molecule has 1 aromatic rings. The molecule has 0 aromatic heterocycles. The van der Waals surface area contributed by atoms with Crippen molar-refractivity contribution < 1.29 is 18.3 Å². The Kier molecular flexibility index (Phi) is 3.91. The minimum Gasteiger partial charge on any atom is -0.491 e. The molecule has 0 saturated carbocycles. The average Bonchev–Trinajstić information content (AvgIpc) is 2.15. The van der Waals surface area contributed by atoms with Crippen LogP contribution in [0, 0.1) is 6.92 Å². The molecule has 78 valence electrons. The molecule has 1 N–H and O–H groups in total. The number of thiol groups is 1. The van der Waals surface area contributed by atoms with E-state index in [1.54, 1.807) is 19.1 Å². The van der Waals surface area contributed by atoms with Crippen molar-refractivity contribution in [1.82, 2.24) is 0 Å². The largest absolute Gasteiger partial charge is 0.491 e. The molecule has 0 atom stereocenters. The Labute approximate surface area is 84.1 Å². The molecule has 5 heteroatoms. The van der Waals surface area contributed by atoms with Crippen molar-refractivity contribution in [2.24, 2.45) is 0 Å². The molecule has 1 rings (SSSR count). The zero-order valence-corrected chi connectivity index (χ0v) is 8.66. The first-order valence-electron chi connectivity index (χ1n) is 4.14. The quantitative estimate of drug-likeness (QED) is 0.712. The smallest absolute Gasteiger partial charge is 0.168 e. The molecule has 1 aromatic carbocycles. The van der Waals surface area contributed by atoms with Crippen molar-refractivity contribution in [1.29, 1.82) is 0 Å². The molecule has 0 aliphatic heterocycles. The van der Waals surface area contributed by atoms with E-state index in [9.17, 15) is 8.42 Å². The normalized spacial score (nSPS) is 10.5. The zero-order valence-electron chi connectivity index (χ0n) is 7.77. The maximum absolute atomic E-state index is 10.6. The highest BCUT2D eigenvalue weighted by molar-refractivity contribution is 7.72. The van der Waals surface area contributed by atoms with Crippen molar-refractivity contribution >= 4 is 10.7 Å². The standard InChI is InChI=1S/C9H12O4S/c1-7-6-8(14(11)12)2-3-9(7)13-5-4-10/h2-3,6,10,14H,4-5H2,1H3. The second-order valence-electron chi connectivity index (χ2n) is 2.78. The Balaban J connectivity index is 2.90. The molecule has 0 heterocycles. The highest BCUT2D eigenvalue weighted by Crippen LogP contribution is 2.19. The van der Waals surface area contributed by atoms with Gasteiger partial charge in [0.1, 0.15) is 12.4 Å². The summed E-state index contributed by atoms with van der Waals surface area (Å²) in [6.07, 6.45) is 0. The molecule has 0 aliphatic rings. The monoisotopic (exact) mass is 216 g/mol. The number of hydrogen-bond acceptors (Lipinski definition) is 4. The van der Waals surface area contributed by atoms with Gasteiger partial charge in [0.2, 0.25) is 0 Å². The maximum Gasteiger partial charge on any atom is 0.168 e. The van der Waals surface area contributed by atoms with Gasteiger partial charge < -0.3 is 9.84 Å². The molecular weight excluding hydrogens is 204 g/mol. The van der Waals surface area contributed by atoms with Gasteiger partial charge in [-0.25, -0.2) is 8.42 Å². The SMILES string of the molecule is Cc1cc([SH](=O)=O)ccc1OCCO. The highest BCUT2D eigenvalue weighted by Gasteiger charge is 2.01. The number of ether oxygens (including phenoxy) is 1. The fourth-order valence-electron chi connectivity index (χ4n) is 1.06. The molecule has 0 amide bonds. The molecular formula is C9H12O4S. The number of hydrogen-bond donors (Lipinski definition) is 2. The van der Waals surface area contributed by atoms with Gasteiger partial charge in [-0.3, -0.25) is 0 Å². The lowest BCUT2D eigenvalue weighted by Gasteiger charge is -2.07. The number of aliphatic hydroxyl groups is 1. The molecule has 0 unspecified atom stereocenters. The third-order valence-corrected chi connectivity index (χ3v) is 2.42. The first kappa shape index (κ1) is 11.0. The fourth-order valence-corrected chi connectivity index (χ4v) is 1.56. The van der Waals surface area contributed by atoms with Crippen LogP contribution in [0.3, 0.4) is 0 Å². The summed E-state index contributed by atoms with van der Waals surface area (Å²) in [6, 6.07) is 4.61. The predicted molar refractivity (Wildman–Crippen MR) is 52.3 cm³/mol. The maximum atomic E-state index is 10.6. The van der Waals surface area contributed by atoms with E-state index in [0.29, 0.717) is 5.75 Å². The van der Waals surface area contributed by atoms with Gasteiger partial charge in [0, 0.05) is 0 Å². The average molecular weight is 216 g/mol. The zero-order chi connectivity index (χ0) is 10.6. The molecule has 0 fully saturated rings. The molecule has 0 bridgehead atoms. The van der Waals surface area contributed by atoms with E-state index in [1.165, 1.54) is 6.07 Å². The van der Waals surface area contributed by atoms with Crippen molar-refractivity contribution in [3.05, 3.63) is 23.8 Å². The molecule has 0 radical (unpaired) electrons. The Bertz CT molecular complexity index is 376. The van der Waals surface area contributed by atoms with Gasteiger partial charge in [-0.1, -0.05) is 0 Å². The van der Waals surface area contributed by atoms with E-state index in [1.807, 2.05) is 0 Å². The third kappa shape index (κ3) is 2.71. The summed E-state index contributed by atoms with van der Waals surface area (Å²) in [5.74, 6) is 0.597. The van der Waals surface area contributed by atoms with Crippen LogP contribution in [0.5, 0.6) is 5.75 Å². The van der Waals surface area contributed by atoms with Crippen molar-refractivity contribution in [3.8, 4) is 5.75 Å². The molecule has 0 aliphatic carbocycles. The predicted octanol–water partition coefficient (Wildman–Crippen LogP) is 0.336. The minimum absolute atomic E-state index is 0.0585. The topological polar surface area (TPSA) is 63.6 Å². The van der Waals surface area contributed by atoms with Crippen molar-refractivity contribution in [3.63, 3.8) is 0 Å². The van der Waals surface area contributed by atoms with Gasteiger partial charge >= 0.3 is 0 Å². The molecule has 14 heavy (non-hydrogen) atoms. The summed E-state index contributed by atoms with van der Waals surface area (Å²) in [5.41, 5.74) is 0.746. The first-order chi connectivity index (χ1) is 6.65. The van der Waals surface area contributed by atoms with E-state index in [4.69, 9.17) is 9.84 Å². The Morgan fingerprint density at radius 3 is 2.64 bits per heavy atom. The Morgan fingerprint density at radius 2 is 2.14 bits per heavy atom. The van der Waals surface area contributed by atoms with E-state index >= 15 is 0 Å². The van der Waals surface area contributed by atoms with Crippen LogP contribution in [0.25, 0.3) is 0 Å². The van der Waals surface area contributed by atoms with Crippen LogP contribution in [0.1, 0.15) is 5.56 Å². The summed E-state index contributed by atoms with van der Waals surface area (Å²) in [4.78, 5) is 0.272. The van der Waals surface area contributed by atoms with Crippen molar-refractivity contribution in [2.75, 3.05) is 13.2 Å². The van der Waals surface area contributed by atoms with Crippen LogP contribution < -0.4 is 4.74 Å². The van der Waals surface area contributed by atoms with E-state index in [2.05, 4.69) is 0 Å².